The van der Waals surface area contributed by atoms with Crippen molar-refractivity contribution in [2.24, 2.45) is 0 Å². The molecule has 0 heterocycles. The quantitative estimate of drug-likeness (QED) is 0.781. The summed E-state index contributed by atoms with van der Waals surface area (Å²) in [6.07, 6.45) is 0.421. The van der Waals surface area contributed by atoms with E-state index >= 15 is 0 Å². The molecule has 1 aromatic rings. The van der Waals surface area contributed by atoms with E-state index in [0.29, 0.717) is 6.54 Å². The zero-order chi connectivity index (χ0) is 15.9. The molecule has 1 N–H and O–H groups in total. The van der Waals surface area contributed by atoms with Gasteiger partial charge in [0.05, 0.1) is 0 Å². The van der Waals surface area contributed by atoms with Crippen LogP contribution >= 0.6 is 11.8 Å². The molecule has 21 heavy (non-hydrogen) atoms. The van der Waals surface area contributed by atoms with Gasteiger partial charge in [0.25, 0.3) is 5.91 Å². The number of ether oxygens (including phenoxy) is 1. The van der Waals surface area contributed by atoms with Crippen LogP contribution in [0.4, 0.5) is 0 Å². The molecule has 1 amide bonds. The van der Waals surface area contributed by atoms with E-state index in [9.17, 15) is 4.79 Å². The summed E-state index contributed by atoms with van der Waals surface area (Å²) >= 11 is 1.84. The van der Waals surface area contributed by atoms with Gasteiger partial charge in [-0.3, -0.25) is 4.79 Å². The van der Waals surface area contributed by atoms with Crippen LogP contribution in [0.15, 0.2) is 24.3 Å². The second kappa shape index (κ2) is 8.32. The van der Waals surface area contributed by atoms with E-state index < -0.39 is 6.10 Å². The number of thioether (sulfide) groups is 1. The van der Waals surface area contributed by atoms with Crippen LogP contribution in [0.2, 0.25) is 0 Å². The van der Waals surface area contributed by atoms with Crippen molar-refractivity contribution < 1.29 is 9.53 Å². The Balaban J connectivity index is 2.41. The predicted molar refractivity (Wildman–Crippen MR) is 91.1 cm³/mol. The first-order valence-electron chi connectivity index (χ1n) is 7.49. The van der Waals surface area contributed by atoms with Gasteiger partial charge >= 0.3 is 0 Å². The molecule has 0 saturated carbocycles. The highest BCUT2D eigenvalue weighted by Gasteiger charge is 2.16. The number of aryl methyl sites for hydroxylation is 1. The van der Waals surface area contributed by atoms with E-state index in [0.717, 1.165) is 23.5 Å². The average Bonchev–Trinajstić information content (AvgIpc) is 2.42. The van der Waals surface area contributed by atoms with Crippen molar-refractivity contribution in [2.45, 2.75) is 51.9 Å². The zero-order valence-electron chi connectivity index (χ0n) is 13.7. The van der Waals surface area contributed by atoms with Gasteiger partial charge in [-0.25, -0.2) is 0 Å². The third-order valence-electron chi connectivity index (χ3n) is 2.96. The predicted octanol–water partition coefficient (Wildman–Crippen LogP) is 3.66. The molecule has 0 aliphatic rings. The lowest BCUT2D eigenvalue weighted by Crippen LogP contribution is -2.37. The third kappa shape index (κ3) is 6.89. The fourth-order valence-corrected chi connectivity index (χ4v) is 2.65. The number of carbonyl (C=O) groups excluding carboxylic acids is 1. The summed E-state index contributed by atoms with van der Waals surface area (Å²) in [5.41, 5.74) is 1.13. The van der Waals surface area contributed by atoms with E-state index in [4.69, 9.17) is 4.74 Å². The lowest BCUT2D eigenvalue weighted by Gasteiger charge is -2.19. The van der Waals surface area contributed by atoms with E-state index in [-0.39, 0.29) is 10.7 Å². The number of amides is 1. The molecule has 118 valence electrons. The first-order chi connectivity index (χ1) is 9.83. The van der Waals surface area contributed by atoms with E-state index in [1.807, 2.05) is 36.0 Å². The van der Waals surface area contributed by atoms with Gasteiger partial charge in [-0.15, -0.1) is 0 Å². The Labute approximate surface area is 132 Å². The number of hydrogen-bond acceptors (Lipinski definition) is 3. The van der Waals surface area contributed by atoms with E-state index in [1.165, 1.54) is 0 Å². The summed E-state index contributed by atoms with van der Waals surface area (Å²) in [4.78, 5) is 12.0. The molecule has 1 atom stereocenters. The van der Waals surface area contributed by atoms with Crippen LogP contribution in [0.5, 0.6) is 5.75 Å². The highest BCUT2D eigenvalue weighted by atomic mass is 32.2. The number of benzene rings is 1. The number of para-hydroxylation sites is 1. The van der Waals surface area contributed by atoms with Gasteiger partial charge in [-0.05, 0) is 25.0 Å². The molecule has 0 aliphatic carbocycles. The van der Waals surface area contributed by atoms with E-state index in [2.05, 4.69) is 33.0 Å². The smallest absolute Gasteiger partial charge is 0.260 e. The Morgan fingerprint density at radius 3 is 2.62 bits per heavy atom. The number of carbonyl (C=O) groups is 1. The Bertz CT molecular complexity index is 454. The maximum atomic E-state index is 12.0. The van der Waals surface area contributed by atoms with Gasteiger partial charge in [0, 0.05) is 17.0 Å². The molecule has 1 aromatic carbocycles. The van der Waals surface area contributed by atoms with Crippen molar-refractivity contribution in [3.05, 3.63) is 29.8 Å². The topological polar surface area (TPSA) is 38.3 Å². The van der Waals surface area contributed by atoms with Crippen molar-refractivity contribution in [3.63, 3.8) is 0 Å². The Kier molecular flexibility index (Phi) is 7.09. The first-order valence-corrected chi connectivity index (χ1v) is 8.48. The molecule has 0 saturated heterocycles. The van der Waals surface area contributed by atoms with Gasteiger partial charge in [0.2, 0.25) is 0 Å². The minimum atomic E-state index is -0.475. The summed E-state index contributed by atoms with van der Waals surface area (Å²) in [6, 6.07) is 7.86. The lowest BCUT2D eigenvalue weighted by atomic mass is 10.1. The molecule has 3 nitrogen and oxygen atoms in total. The number of nitrogens with one attached hydrogen (secondary N) is 1. The van der Waals surface area contributed by atoms with Crippen LogP contribution in [0.25, 0.3) is 0 Å². The molecule has 0 aliphatic heterocycles. The van der Waals surface area contributed by atoms with Crippen LogP contribution in [-0.2, 0) is 11.2 Å². The lowest BCUT2D eigenvalue weighted by molar-refractivity contribution is -0.127. The minimum absolute atomic E-state index is 0.0598. The van der Waals surface area contributed by atoms with E-state index in [1.54, 1.807) is 6.92 Å². The van der Waals surface area contributed by atoms with Gasteiger partial charge < -0.3 is 10.1 Å². The monoisotopic (exact) mass is 309 g/mol. The highest BCUT2D eigenvalue weighted by molar-refractivity contribution is 8.00. The Morgan fingerprint density at radius 2 is 2.00 bits per heavy atom. The molecule has 4 heteroatoms. The largest absolute Gasteiger partial charge is 0.481 e. The molecule has 0 bridgehead atoms. The third-order valence-corrected chi connectivity index (χ3v) is 4.24. The van der Waals surface area contributed by atoms with Gasteiger partial charge in [0.1, 0.15) is 5.75 Å². The Hall–Kier alpha value is -1.16. The van der Waals surface area contributed by atoms with Crippen molar-refractivity contribution in [2.75, 3.05) is 12.3 Å². The van der Waals surface area contributed by atoms with Crippen LogP contribution in [0.3, 0.4) is 0 Å². The highest BCUT2D eigenvalue weighted by Crippen LogP contribution is 2.22. The fraction of sp³-hybridized carbons (Fsp3) is 0.588. The maximum absolute atomic E-state index is 12.0. The summed E-state index contributed by atoms with van der Waals surface area (Å²) in [7, 11) is 0. The molecular weight excluding hydrogens is 282 g/mol. The van der Waals surface area contributed by atoms with Crippen molar-refractivity contribution in [3.8, 4) is 5.75 Å². The molecule has 0 spiro atoms. The second-order valence-corrected chi connectivity index (χ2v) is 7.89. The van der Waals surface area contributed by atoms with Crippen molar-refractivity contribution >= 4 is 17.7 Å². The summed E-state index contributed by atoms with van der Waals surface area (Å²) in [5, 5.41) is 2.93. The SMILES string of the molecule is CCc1ccccc1O[C@@H](C)C(=O)NCCSC(C)(C)C. The molecule has 0 fully saturated rings. The molecule has 0 aromatic heterocycles. The van der Waals surface area contributed by atoms with Crippen LogP contribution < -0.4 is 10.1 Å². The minimum Gasteiger partial charge on any atom is -0.481 e. The summed E-state index contributed by atoms with van der Waals surface area (Å²) in [6.45, 7) is 11.1. The molecule has 0 unspecified atom stereocenters. The van der Waals surface area contributed by atoms with Crippen molar-refractivity contribution in [1.29, 1.82) is 0 Å². The number of hydrogen-bond donors (Lipinski definition) is 1. The second-order valence-electron chi connectivity index (χ2n) is 5.97. The maximum Gasteiger partial charge on any atom is 0.260 e. The fourth-order valence-electron chi connectivity index (χ4n) is 1.83. The van der Waals surface area contributed by atoms with Gasteiger partial charge in [0.15, 0.2) is 6.10 Å². The van der Waals surface area contributed by atoms with Gasteiger partial charge in [-0.1, -0.05) is 45.9 Å². The molecular formula is C17H27NO2S. The zero-order valence-corrected chi connectivity index (χ0v) is 14.5. The van der Waals surface area contributed by atoms with Gasteiger partial charge in [-0.2, -0.15) is 11.8 Å². The Morgan fingerprint density at radius 1 is 1.33 bits per heavy atom. The standard InChI is InChI=1S/C17H27NO2S/c1-6-14-9-7-8-10-15(14)20-13(2)16(19)18-11-12-21-17(3,4)5/h7-10,13H,6,11-12H2,1-5H3,(H,18,19)/t13-/m0/s1. The summed E-state index contributed by atoms with van der Waals surface area (Å²) in [5.74, 6) is 1.65. The van der Waals surface area contributed by atoms with Crippen LogP contribution in [0, 0.1) is 0 Å². The van der Waals surface area contributed by atoms with Crippen LogP contribution in [0.1, 0.15) is 40.2 Å². The normalized spacial score (nSPS) is 12.8. The van der Waals surface area contributed by atoms with Crippen LogP contribution in [-0.4, -0.2) is 29.1 Å². The molecule has 1 rings (SSSR count). The number of rotatable bonds is 7. The average molecular weight is 309 g/mol. The van der Waals surface area contributed by atoms with Crippen molar-refractivity contribution in [1.82, 2.24) is 5.32 Å². The first kappa shape index (κ1) is 17.9. The molecule has 0 radical (unpaired) electrons. The summed E-state index contributed by atoms with van der Waals surface area (Å²) < 4.78 is 6.01.